The van der Waals surface area contributed by atoms with Gasteiger partial charge in [0.1, 0.15) is 16.7 Å². The molecule has 0 aliphatic carbocycles. The van der Waals surface area contributed by atoms with Crippen LogP contribution in [0.3, 0.4) is 0 Å². The van der Waals surface area contributed by atoms with Crippen molar-refractivity contribution in [3.05, 3.63) is 161 Å². The third-order valence-corrected chi connectivity index (χ3v) is 8.78. The topological polar surface area (TPSA) is 96.5 Å². The summed E-state index contributed by atoms with van der Waals surface area (Å²) in [4.78, 5) is 40.9. The Balaban J connectivity index is 1.28. The van der Waals surface area contributed by atoms with E-state index in [2.05, 4.69) is 22.9 Å². The SMILES string of the molecule is CCCCOc1ccc(NC(=O)C(Sc2ccc(NC(=O)/C(=C/c3ccc(C)cc3)NC(=O)c3ccccc3)cc2)c2ccccc2)cc1. The molecule has 248 valence electrons. The maximum Gasteiger partial charge on any atom is 0.272 e. The predicted octanol–water partition coefficient (Wildman–Crippen LogP) is 9.06. The lowest BCUT2D eigenvalue weighted by molar-refractivity contribution is -0.116. The van der Waals surface area contributed by atoms with Gasteiger partial charge in [-0.05, 0) is 91.2 Å². The van der Waals surface area contributed by atoms with Gasteiger partial charge >= 0.3 is 0 Å². The van der Waals surface area contributed by atoms with Crippen molar-refractivity contribution in [1.29, 1.82) is 0 Å². The van der Waals surface area contributed by atoms with Crippen LogP contribution in [0.5, 0.6) is 5.75 Å². The van der Waals surface area contributed by atoms with Gasteiger partial charge in [-0.2, -0.15) is 0 Å². The Kier molecular flexibility index (Phi) is 12.4. The van der Waals surface area contributed by atoms with E-state index in [1.54, 1.807) is 42.5 Å². The van der Waals surface area contributed by atoms with Crippen LogP contribution in [0.4, 0.5) is 11.4 Å². The molecule has 0 radical (unpaired) electrons. The van der Waals surface area contributed by atoms with Crippen molar-refractivity contribution in [2.24, 2.45) is 0 Å². The van der Waals surface area contributed by atoms with E-state index in [0.717, 1.165) is 40.2 Å². The molecule has 0 bridgehead atoms. The molecule has 0 fully saturated rings. The molecule has 8 heteroatoms. The van der Waals surface area contributed by atoms with Gasteiger partial charge in [0.2, 0.25) is 5.91 Å². The summed E-state index contributed by atoms with van der Waals surface area (Å²) in [7, 11) is 0. The van der Waals surface area contributed by atoms with Crippen molar-refractivity contribution in [2.45, 2.75) is 36.8 Å². The van der Waals surface area contributed by atoms with Crippen molar-refractivity contribution in [3.63, 3.8) is 0 Å². The number of ether oxygens (including phenoxy) is 1. The number of hydrogen-bond acceptors (Lipinski definition) is 5. The second-order valence-corrected chi connectivity index (χ2v) is 12.6. The lowest BCUT2D eigenvalue weighted by atomic mass is 10.1. The summed E-state index contributed by atoms with van der Waals surface area (Å²) >= 11 is 1.41. The number of aryl methyl sites for hydroxylation is 1. The van der Waals surface area contributed by atoms with Gasteiger partial charge in [-0.15, -0.1) is 11.8 Å². The molecular formula is C41H39N3O4S. The molecule has 0 heterocycles. The van der Waals surface area contributed by atoms with E-state index in [-0.39, 0.29) is 17.5 Å². The molecule has 49 heavy (non-hydrogen) atoms. The van der Waals surface area contributed by atoms with Gasteiger partial charge in [0, 0.05) is 21.8 Å². The molecule has 0 spiro atoms. The summed E-state index contributed by atoms with van der Waals surface area (Å²) in [6, 6.07) is 40.7. The van der Waals surface area contributed by atoms with Gasteiger partial charge in [-0.3, -0.25) is 14.4 Å². The van der Waals surface area contributed by atoms with Crippen molar-refractivity contribution in [2.75, 3.05) is 17.2 Å². The van der Waals surface area contributed by atoms with Gasteiger partial charge in [-0.25, -0.2) is 0 Å². The van der Waals surface area contributed by atoms with E-state index in [0.29, 0.717) is 23.5 Å². The number of unbranched alkanes of at least 4 members (excludes halogenated alkanes) is 1. The molecular weight excluding hydrogens is 631 g/mol. The maximum atomic E-state index is 13.6. The van der Waals surface area contributed by atoms with Gasteiger partial charge < -0.3 is 20.7 Å². The van der Waals surface area contributed by atoms with E-state index in [9.17, 15) is 14.4 Å². The molecule has 0 aliphatic rings. The van der Waals surface area contributed by atoms with Crippen molar-refractivity contribution in [3.8, 4) is 5.75 Å². The fourth-order valence-corrected chi connectivity index (χ4v) is 5.83. The van der Waals surface area contributed by atoms with E-state index in [1.807, 2.05) is 104 Å². The maximum absolute atomic E-state index is 13.6. The number of hydrogen-bond donors (Lipinski definition) is 3. The molecule has 0 saturated carbocycles. The lowest BCUT2D eigenvalue weighted by Crippen LogP contribution is -2.30. The zero-order valence-electron chi connectivity index (χ0n) is 27.5. The number of anilines is 2. The highest BCUT2D eigenvalue weighted by molar-refractivity contribution is 8.00. The Morgan fingerprint density at radius 1 is 0.735 bits per heavy atom. The predicted molar refractivity (Wildman–Crippen MR) is 199 cm³/mol. The molecule has 5 aromatic rings. The summed E-state index contributed by atoms with van der Waals surface area (Å²) in [5.74, 6) is -0.242. The second kappa shape index (κ2) is 17.5. The monoisotopic (exact) mass is 669 g/mol. The van der Waals surface area contributed by atoms with Crippen LogP contribution >= 0.6 is 11.8 Å². The third-order valence-electron chi connectivity index (χ3n) is 7.51. The molecule has 0 aliphatic heterocycles. The fourth-order valence-electron chi connectivity index (χ4n) is 4.80. The molecule has 5 aromatic carbocycles. The lowest BCUT2D eigenvalue weighted by Gasteiger charge is -2.18. The number of amides is 3. The highest BCUT2D eigenvalue weighted by atomic mass is 32.2. The third kappa shape index (κ3) is 10.4. The van der Waals surface area contributed by atoms with Gasteiger partial charge in [0.15, 0.2) is 0 Å². The van der Waals surface area contributed by atoms with Crippen LogP contribution < -0.4 is 20.7 Å². The van der Waals surface area contributed by atoms with E-state index in [4.69, 9.17) is 4.74 Å². The molecule has 5 rings (SSSR count). The quantitative estimate of drug-likeness (QED) is 0.0623. The first-order chi connectivity index (χ1) is 23.9. The number of benzene rings is 5. The normalized spacial score (nSPS) is 11.7. The summed E-state index contributed by atoms with van der Waals surface area (Å²) in [5, 5.41) is 8.19. The van der Waals surface area contributed by atoms with Crippen LogP contribution in [0, 0.1) is 6.92 Å². The molecule has 3 N–H and O–H groups in total. The fraction of sp³-hybridized carbons (Fsp3) is 0.146. The first-order valence-corrected chi connectivity index (χ1v) is 17.1. The van der Waals surface area contributed by atoms with Crippen LogP contribution in [-0.2, 0) is 9.59 Å². The number of thioether (sulfide) groups is 1. The van der Waals surface area contributed by atoms with Crippen molar-refractivity contribution in [1.82, 2.24) is 5.32 Å². The van der Waals surface area contributed by atoms with Crippen LogP contribution in [0.15, 0.2) is 144 Å². The Hall–Kier alpha value is -5.60. The van der Waals surface area contributed by atoms with Crippen LogP contribution in [-0.4, -0.2) is 24.3 Å². The van der Waals surface area contributed by atoms with Crippen molar-refractivity contribution >= 4 is 46.9 Å². The Labute approximate surface area is 291 Å². The highest BCUT2D eigenvalue weighted by Gasteiger charge is 2.23. The average Bonchev–Trinajstić information content (AvgIpc) is 3.13. The second-order valence-electron chi connectivity index (χ2n) is 11.4. The Bertz CT molecular complexity index is 1860. The minimum Gasteiger partial charge on any atom is -0.494 e. The highest BCUT2D eigenvalue weighted by Crippen LogP contribution is 2.37. The summed E-state index contributed by atoms with van der Waals surface area (Å²) in [6.45, 7) is 4.76. The van der Waals surface area contributed by atoms with Crippen LogP contribution in [0.2, 0.25) is 0 Å². The minimum atomic E-state index is -0.528. The summed E-state index contributed by atoms with van der Waals surface area (Å²) in [5.41, 5.74) is 4.50. The standard InChI is InChI=1S/C41H39N3O4S/c1-3-4-27-48-35-23-19-33(20-24-35)43-41(47)38(31-11-7-5-8-12-31)49-36-25-21-34(22-26-36)42-40(46)37(28-30-17-15-29(2)16-18-30)44-39(45)32-13-9-6-10-14-32/h5-26,28,38H,3-4,27H2,1-2H3,(H,42,46)(H,43,47)(H,44,45)/b37-28-. The molecule has 7 nitrogen and oxygen atoms in total. The minimum absolute atomic E-state index is 0.109. The van der Waals surface area contributed by atoms with Crippen LogP contribution in [0.25, 0.3) is 6.08 Å². The number of carbonyl (C=O) groups excluding carboxylic acids is 3. The van der Waals surface area contributed by atoms with E-state index < -0.39 is 11.2 Å². The average molecular weight is 670 g/mol. The molecule has 1 unspecified atom stereocenters. The Morgan fingerprint density at radius 3 is 2.00 bits per heavy atom. The first kappa shape index (κ1) is 34.7. The van der Waals surface area contributed by atoms with Gasteiger partial charge in [0.05, 0.1) is 6.61 Å². The molecule has 0 saturated heterocycles. The van der Waals surface area contributed by atoms with Crippen molar-refractivity contribution < 1.29 is 19.1 Å². The van der Waals surface area contributed by atoms with E-state index in [1.165, 1.54) is 11.8 Å². The largest absolute Gasteiger partial charge is 0.494 e. The number of carbonyl (C=O) groups is 3. The molecule has 1 atom stereocenters. The smallest absolute Gasteiger partial charge is 0.272 e. The number of nitrogens with one attached hydrogen (secondary N) is 3. The molecule has 3 amide bonds. The zero-order chi connectivity index (χ0) is 34.4. The zero-order valence-corrected chi connectivity index (χ0v) is 28.3. The Morgan fingerprint density at radius 2 is 1.35 bits per heavy atom. The van der Waals surface area contributed by atoms with Gasteiger partial charge in [-0.1, -0.05) is 91.7 Å². The van der Waals surface area contributed by atoms with E-state index >= 15 is 0 Å². The molecule has 0 aromatic heterocycles. The van der Waals surface area contributed by atoms with Gasteiger partial charge in [0.25, 0.3) is 11.8 Å². The number of rotatable bonds is 14. The summed E-state index contributed by atoms with van der Waals surface area (Å²) in [6.07, 6.45) is 3.70. The van der Waals surface area contributed by atoms with Crippen LogP contribution in [0.1, 0.15) is 52.1 Å². The summed E-state index contributed by atoms with van der Waals surface area (Å²) < 4.78 is 5.75. The first-order valence-electron chi connectivity index (χ1n) is 16.2.